The van der Waals surface area contributed by atoms with Gasteiger partial charge in [0.2, 0.25) is 0 Å². The summed E-state index contributed by atoms with van der Waals surface area (Å²) in [5.74, 6) is 7.31. The maximum absolute atomic E-state index is 5.31. The molecule has 0 aliphatic carbocycles. The number of benzene rings is 1. The lowest BCUT2D eigenvalue weighted by molar-refractivity contribution is 0.415. The molecule has 1 aromatic heterocycles. The Hall–Kier alpha value is -2.34. The van der Waals surface area contributed by atoms with E-state index in [4.69, 9.17) is 10.6 Å². The smallest absolute Gasteiger partial charge is 0.160 e. The zero-order chi connectivity index (χ0) is 13.0. The third kappa shape index (κ3) is 2.49. The molecule has 0 saturated carbocycles. The van der Waals surface area contributed by atoms with Crippen LogP contribution >= 0.6 is 0 Å². The van der Waals surface area contributed by atoms with Crippen molar-refractivity contribution in [2.45, 2.75) is 0 Å². The van der Waals surface area contributed by atoms with Crippen molar-refractivity contribution in [2.24, 2.45) is 5.84 Å². The Bertz CT molecular complexity index is 484. The van der Waals surface area contributed by atoms with Crippen molar-refractivity contribution in [2.75, 3.05) is 24.5 Å². The molecule has 6 heteroatoms. The number of rotatable bonds is 4. The van der Waals surface area contributed by atoms with Crippen LogP contribution in [0.1, 0.15) is 0 Å². The molecule has 0 aliphatic heterocycles. The van der Waals surface area contributed by atoms with E-state index in [1.807, 2.05) is 36.2 Å². The molecular formula is C12H15N5O. The fourth-order valence-corrected chi connectivity index (χ4v) is 1.54. The Labute approximate surface area is 105 Å². The first-order valence-electron chi connectivity index (χ1n) is 5.41. The van der Waals surface area contributed by atoms with E-state index in [-0.39, 0.29) is 0 Å². The number of aromatic nitrogens is 2. The van der Waals surface area contributed by atoms with Crippen LogP contribution in [0.25, 0.3) is 0 Å². The van der Waals surface area contributed by atoms with E-state index >= 15 is 0 Å². The minimum Gasteiger partial charge on any atom is -0.497 e. The second kappa shape index (κ2) is 5.33. The third-order valence-electron chi connectivity index (χ3n) is 2.55. The quantitative estimate of drug-likeness (QED) is 0.628. The first kappa shape index (κ1) is 12.1. The molecule has 0 spiro atoms. The molecule has 0 unspecified atom stereocenters. The first-order chi connectivity index (χ1) is 8.74. The average molecular weight is 245 g/mol. The topological polar surface area (TPSA) is 76.3 Å². The molecule has 2 rings (SSSR count). The van der Waals surface area contributed by atoms with Gasteiger partial charge in [-0.05, 0) is 12.1 Å². The summed E-state index contributed by atoms with van der Waals surface area (Å²) >= 11 is 0. The highest BCUT2D eigenvalue weighted by atomic mass is 16.5. The van der Waals surface area contributed by atoms with Crippen molar-refractivity contribution in [3.8, 4) is 5.75 Å². The van der Waals surface area contributed by atoms with Crippen molar-refractivity contribution in [3.05, 3.63) is 36.7 Å². The van der Waals surface area contributed by atoms with Gasteiger partial charge in [-0.2, -0.15) is 0 Å². The van der Waals surface area contributed by atoms with Gasteiger partial charge in [0, 0.05) is 18.8 Å². The number of hydrogen-bond donors (Lipinski definition) is 2. The van der Waals surface area contributed by atoms with Crippen LogP contribution in [0.4, 0.5) is 17.3 Å². The van der Waals surface area contributed by atoms with Crippen molar-refractivity contribution in [1.29, 1.82) is 0 Å². The molecule has 0 saturated heterocycles. The summed E-state index contributed by atoms with van der Waals surface area (Å²) in [6.07, 6.45) is 3.23. The standard InChI is InChI=1S/C12H15N5O/c1-17(9-4-3-5-10(6-9)18-2)12-8-14-7-11(15-12)16-13/h3-8H,13H2,1-2H3,(H,15,16). The van der Waals surface area contributed by atoms with Crippen LogP contribution in [0.2, 0.25) is 0 Å². The van der Waals surface area contributed by atoms with Gasteiger partial charge in [0.1, 0.15) is 5.75 Å². The van der Waals surface area contributed by atoms with Crippen LogP contribution in [0.15, 0.2) is 36.7 Å². The van der Waals surface area contributed by atoms with Crippen LogP contribution in [-0.4, -0.2) is 24.1 Å². The van der Waals surface area contributed by atoms with Gasteiger partial charge in [0.05, 0.1) is 19.5 Å². The van der Waals surface area contributed by atoms with Gasteiger partial charge in [-0.25, -0.2) is 10.8 Å². The zero-order valence-electron chi connectivity index (χ0n) is 10.3. The second-order valence-electron chi connectivity index (χ2n) is 3.67. The lowest BCUT2D eigenvalue weighted by atomic mass is 10.3. The fraction of sp³-hybridized carbons (Fsp3) is 0.167. The fourth-order valence-electron chi connectivity index (χ4n) is 1.54. The van der Waals surface area contributed by atoms with Crippen LogP contribution in [0.5, 0.6) is 5.75 Å². The van der Waals surface area contributed by atoms with Gasteiger partial charge >= 0.3 is 0 Å². The Kier molecular flexibility index (Phi) is 3.59. The summed E-state index contributed by atoms with van der Waals surface area (Å²) in [5.41, 5.74) is 3.43. The summed E-state index contributed by atoms with van der Waals surface area (Å²) in [5, 5.41) is 0. The summed E-state index contributed by atoms with van der Waals surface area (Å²) in [6.45, 7) is 0. The van der Waals surface area contributed by atoms with Gasteiger partial charge in [-0.1, -0.05) is 6.07 Å². The molecule has 3 N–H and O–H groups in total. The summed E-state index contributed by atoms with van der Waals surface area (Å²) in [4.78, 5) is 10.3. The maximum Gasteiger partial charge on any atom is 0.160 e. The van der Waals surface area contributed by atoms with E-state index < -0.39 is 0 Å². The Morgan fingerprint density at radius 1 is 1.33 bits per heavy atom. The van der Waals surface area contributed by atoms with Crippen molar-refractivity contribution in [1.82, 2.24) is 9.97 Å². The lowest BCUT2D eigenvalue weighted by Gasteiger charge is -2.18. The molecule has 0 aliphatic rings. The molecule has 0 bridgehead atoms. The molecule has 0 radical (unpaired) electrons. The van der Waals surface area contributed by atoms with E-state index in [0.29, 0.717) is 11.6 Å². The Morgan fingerprint density at radius 2 is 2.17 bits per heavy atom. The minimum atomic E-state index is 0.516. The lowest BCUT2D eigenvalue weighted by Crippen LogP contribution is -2.14. The van der Waals surface area contributed by atoms with Crippen LogP contribution in [0, 0.1) is 0 Å². The Morgan fingerprint density at radius 3 is 2.89 bits per heavy atom. The van der Waals surface area contributed by atoms with E-state index in [9.17, 15) is 0 Å². The van der Waals surface area contributed by atoms with Crippen molar-refractivity contribution < 1.29 is 4.74 Å². The summed E-state index contributed by atoms with van der Waals surface area (Å²) in [7, 11) is 3.54. The predicted molar refractivity (Wildman–Crippen MR) is 70.9 cm³/mol. The van der Waals surface area contributed by atoms with Crippen molar-refractivity contribution >= 4 is 17.3 Å². The van der Waals surface area contributed by atoms with Crippen LogP contribution in [0.3, 0.4) is 0 Å². The molecule has 0 atom stereocenters. The summed E-state index contributed by atoms with van der Waals surface area (Å²) in [6, 6.07) is 7.70. The number of nitrogens with one attached hydrogen (secondary N) is 1. The number of nitrogens with zero attached hydrogens (tertiary/aromatic N) is 3. The molecular weight excluding hydrogens is 230 g/mol. The van der Waals surface area contributed by atoms with E-state index in [0.717, 1.165) is 11.4 Å². The molecule has 0 amide bonds. The minimum absolute atomic E-state index is 0.516. The molecule has 0 fully saturated rings. The highest BCUT2D eigenvalue weighted by molar-refractivity contribution is 5.61. The van der Waals surface area contributed by atoms with Gasteiger partial charge in [-0.15, -0.1) is 0 Å². The van der Waals surface area contributed by atoms with Crippen LogP contribution in [-0.2, 0) is 0 Å². The number of hydrazine groups is 1. The van der Waals surface area contributed by atoms with E-state index in [1.165, 1.54) is 0 Å². The number of nitrogen functional groups attached to an aromatic ring is 1. The number of ether oxygens (including phenoxy) is 1. The molecule has 1 heterocycles. The molecule has 6 nitrogen and oxygen atoms in total. The monoisotopic (exact) mass is 245 g/mol. The Balaban J connectivity index is 2.31. The SMILES string of the molecule is COc1cccc(N(C)c2cncc(NN)n2)c1. The average Bonchev–Trinajstić information content (AvgIpc) is 2.46. The normalized spacial score (nSPS) is 9.94. The molecule has 94 valence electrons. The predicted octanol–water partition coefficient (Wildman–Crippen LogP) is 1.54. The largest absolute Gasteiger partial charge is 0.497 e. The number of methoxy groups -OCH3 is 1. The van der Waals surface area contributed by atoms with Gasteiger partial charge in [0.25, 0.3) is 0 Å². The summed E-state index contributed by atoms with van der Waals surface area (Å²) < 4.78 is 5.19. The van der Waals surface area contributed by atoms with Gasteiger partial charge in [0.15, 0.2) is 11.6 Å². The highest BCUT2D eigenvalue weighted by Gasteiger charge is 2.07. The van der Waals surface area contributed by atoms with Gasteiger partial charge in [-0.3, -0.25) is 4.98 Å². The molecule has 2 aromatic rings. The van der Waals surface area contributed by atoms with E-state index in [1.54, 1.807) is 19.5 Å². The third-order valence-corrected chi connectivity index (χ3v) is 2.55. The van der Waals surface area contributed by atoms with Crippen molar-refractivity contribution in [3.63, 3.8) is 0 Å². The number of anilines is 3. The van der Waals surface area contributed by atoms with Crippen LogP contribution < -0.4 is 20.9 Å². The second-order valence-corrected chi connectivity index (χ2v) is 3.67. The number of hydrogen-bond acceptors (Lipinski definition) is 6. The molecule has 18 heavy (non-hydrogen) atoms. The van der Waals surface area contributed by atoms with E-state index in [2.05, 4.69) is 15.4 Å². The maximum atomic E-state index is 5.31. The highest BCUT2D eigenvalue weighted by Crippen LogP contribution is 2.25. The molecule has 1 aromatic carbocycles. The zero-order valence-corrected chi connectivity index (χ0v) is 10.3. The number of nitrogens with two attached hydrogens (primary N) is 1. The van der Waals surface area contributed by atoms with Gasteiger partial charge < -0.3 is 15.1 Å². The first-order valence-corrected chi connectivity index (χ1v) is 5.41.